The number of benzene rings is 3. The van der Waals surface area contributed by atoms with Gasteiger partial charge in [0.05, 0.1) is 21.7 Å². The van der Waals surface area contributed by atoms with Gasteiger partial charge in [-0.1, -0.05) is 18.2 Å². The molecule has 3 aromatic carbocycles. The largest absolute Gasteiger partial charge is 0.486 e. The van der Waals surface area contributed by atoms with Gasteiger partial charge in [-0.3, -0.25) is 9.52 Å². The average Bonchev–Trinajstić information content (AvgIpc) is 2.79. The second-order valence-corrected chi connectivity index (χ2v) is 8.48. The summed E-state index contributed by atoms with van der Waals surface area (Å²) >= 11 is 0. The monoisotopic (exact) mass is 454 g/mol. The number of carbonyl (C=O) groups is 2. The molecule has 3 N–H and O–H groups in total. The Morgan fingerprint density at radius 3 is 2.41 bits per heavy atom. The van der Waals surface area contributed by atoms with Crippen LogP contribution in [0.3, 0.4) is 0 Å². The van der Waals surface area contributed by atoms with Crippen LogP contribution in [0.5, 0.6) is 11.5 Å². The zero-order valence-electron chi connectivity index (χ0n) is 16.6. The molecule has 3 aromatic rings. The van der Waals surface area contributed by atoms with Crippen molar-refractivity contribution in [1.29, 1.82) is 0 Å². The summed E-state index contributed by atoms with van der Waals surface area (Å²) in [6.45, 7) is 0.847. The third kappa shape index (κ3) is 4.49. The summed E-state index contributed by atoms with van der Waals surface area (Å²) in [5.41, 5.74) is 0.409. The summed E-state index contributed by atoms with van der Waals surface area (Å²) in [5, 5.41) is 11.8. The number of anilines is 2. The summed E-state index contributed by atoms with van der Waals surface area (Å²) in [5.74, 6) is -0.715. The van der Waals surface area contributed by atoms with Gasteiger partial charge in [0.25, 0.3) is 15.9 Å². The van der Waals surface area contributed by atoms with Gasteiger partial charge in [0.1, 0.15) is 13.2 Å². The van der Waals surface area contributed by atoms with Crippen LogP contribution in [0, 0.1) is 0 Å². The Balaban J connectivity index is 1.58. The molecule has 0 saturated carbocycles. The number of ether oxygens (including phenoxy) is 2. The van der Waals surface area contributed by atoms with E-state index in [0.29, 0.717) is 30.4 Å². The minimum Gasteiger partial charge on any atom is -0.486 e. The van der Waals surface area contributed by atoms with E-state index in [1.54, 1.807) is 30.3 Å². The van der Waals surface area contributed by atoms with Gasteiger partial charge in [-0.25, -0.2) is 13.2 Å². The van der Waals surface area contributed by atoms with E-state index in [1.165, 1.54) is 30.3 Å². The van der Waals surface area contributed by atoms with E-state index < -0.39 is 21.9 Å². The van der Waals surface area contributed by atoms with E-state index >= 15 is 0 Å². The number of aromatic carboxylic acids is 1. The van der Waals surface area contributed by atoms with Crippen molar-refractivity contribution in [2.45, 2.75) is 4.90 Å². The molecule has 0 unspecified atom stereocenters. The van der Waals surface area contributed by atoms with Crippen LogP contribution < -0.4 is 19.5 Å². The summed E-state index contributed by atoms with van der Waals surface area (Å²) in [4.78, 5) is 23.8. The molecule has 0 spiro atoms. The van der Waals surface area contributed by atoms with Crippen LogP contribution in [0.4, 0.5) is 11.4 Å². The predicted octanol–water partition coefficient (Wildman–Crippen LogP) is 3.21. The Morgan fingerprint density at radius 1 is 0.875 bits per heavy atom. The van der Waals surface area contributed by atoms with E-state index in [0.717, 1.165) is 6.07 Å². The van der Waals surface area contributed by atoms with Crippen LogP contribution in [-0.2, 0) is 10.0 Å². The van der Waals surface area contributed by atoms with Gasteiger partial charge in [0, 0.05) is 11.8 Å². The number of rotatable bonds is 6. The lowest BCUT2D eigenvalue weighted by molar-refractivity contribution is 0.0696. The minimum absolute atomic E-state index is 0.0447. The molecule has 4 rings (SSSR count). The number of hydrogen-bond donors (Lipinski definition) is 3. The Morgan fingerprint density at radius 2 is 1.62 bits per heavy atom. The van der Waals surface area contributed by atoms with Gasteiger partial charge in [0.2, 0.25) is 0 Å². The molecule has 0 fully saturated rings. The van der Waals surface area contributed by atoms with Gasteiger partial charge in [-0.05, 0) is 42.5 Å². The second-order valence-electron chi connectivity index (χ2n) is 6.80. The molecule has 10 heteroatoms. The van der Waals surface area contributed by atoms with Gasteiger partial charge < -0.3 is 19.9 Å². The molecule has 0 aliphatic carbocycles. The van der Waals surface area contributed by atoms with Crippen LogP contribution in [0.15, 0.2) is 71.6 Å². The standard InChI is InChI=1S/C22H18N2O7S/c25-21(23-15-8-9-19-20(13-15)31-11-10-30-19)17-6-1-2-7-18(17)24-32(28,29)16-5-3-4-14(12-16)22(26)27/h1-9,12-13,24H,10-11H2,(H,23,25)(H,26,27). The van der Waals surface area contributed by atoms with Gasteiger partial charge >= 0.3 is 5.97 Å². The van der Waals surface area contributed by atoms with Crippen molar-refractivity contribution in [2.75, 3.05) is 23.3 Å². The third-order valence-electron chi connectivity index (χ3n) is 4.61. The molecule has 0 atom stereocenters. The molecule has 1 amide bonds. The number of nitrogens with one attached hydrogen (secondary N) is 2. The van der Waals surface area contributed by atoms with Crippen LogP contribution in [0.2, 0.25) is 0 Å². The molecule has 0 aromatic heterocycles. The number of sulfonamides is 1. The number of carboxylic acid groups (broad SMARTS) is 1. The molecule has 0 bridgehead atoms. The van der Waals surface area contributed by atoms with E-state index in [1.807, 2.05) is 0 Å². The Hall–Kier alpha value is -4.05. The molecular formula is C22H18N2O7S. The fourth-order valence-electron chi connectivity index (χ4n) is 3.09. The molecule has 1 aliphatic rings. The van der Waals surface area contributed by atoms with Crippen molar-refractivity contribution < 1.29 is 32.6 Å². The van der Waals surface area contributed by atoms with E-state index in [9.17, 15) is 18.0 Å². The first kappa shape index (κ1) is 21.2. The maximum atomic E-state index is 12.9. The summed E-state index contributed by atoms with van der Waals surface area (Å²) in [6, 6.07) is 16.0. The van der Waals surface area contributed by atoms with Crippen LogP contribution >= 0.6 is 0 Å². The first-order valence-electron chi connectivity index (χ1n) is 9.50. The number of fused-ring (bicyclic) bond motifs is 1. The highest BCUT2D eigenvalue weighted by molar-refractivity contribution is 7.92. The predicted molar refractivity (Wildman–Crippen MR) is 116 cm³/mol. The number of hydrogen-bond acceptors (Lipinski definition) is 6. The minimum atomic E-state index is -4.14. The van der Waals surface area contributed by atoms with Crippen molar-refractivity contribution in [1.82, 2.24) is 0 Å². The van der Waals surface area contributed by atoms with Gasteiger partial charge in [0.15, 0.2) is 11.5 Å². The van der Waals surface area contributed by atoms with Crippen LogP contribution in [0.25, 0.3) is 0 Å². The first-order chi connectivity index (χ1) is 15.3. The first-order valence-corrected chi connectivity index (χ1v) is 11.0. The fraction of sp³-hybridized carbons (Fsp3) is 0.0909. The summed E-state index contributed by atoms with van der Waals surface area (Å²) < 4.78 is 38.9. The molecule has 0 saturated heterocycles. The van der Waals surface area contributed by atoms with E-state index in [2.05, 4.69) is 10.0 Å². The topological polar surface area (TPSA) is 131 Å². The zero-order valence-corrected chi connectivity index (χ0v) is 17.4. The summed E-state index contributed by atoms with van der Waals surface area (Å²) in [6.07, 6.45) is 0. The Kier molecular flexibility index (Phi) is 5.69. The highest BCUT2D eigenvalue weighted by Gasteiger charge is 2.20. The molecule has 32 heavy (non-hydrogen) atoms. The van der Waals surface area contributed by atoms with Crippen molar-refractivity contribution in [2.24, 2.45) is 0 Å². The molecular weight excluding hydrogens is 436 g/mol. The van der Waals surface area contributed by atoms with Gasteiger partial charge in [-0.2, -0.15) is 0 Å². The normalized spacial score (nSPS) is 12.6. The quantitative estimate of drug-likeness (QED) is 0.521. The van der Waals surface area contributed by atoms with Crippen LogP contribution in [0.1, 0.15) is 20.7 Å². The number of carboxylic acids is 1. The molecule has 0 radical (unpaired) electrons. The second kappa shape index (κ2) is 8.60. The molecule has 1 heterocycles. The fourth-order valence-corrected chi connectivity index (χ4v) is 4.21. The third-order valence-corrected chi connectivity index (χ3v) is 5.97. The summed E-state index contributed by atoms with van der Waals surface area (Å²) in [7, 11) is -4.14. The van der Waals surface area contributed by atoms with E-state index in [4.69, 9.17) is 14.6 Å². The highest BCUT2D eigenvalue weighted by Crippen LogP contribution is 2.33. The highest BCUT2D eigenvalue weighted by atomic mass is 32.2. The Bertz CT molecular complexity index is 1310. The SMILES string of the molecule is O=C(O)c1cccc(S(=O)(=O)Nc2ccccc2C(=O)Nc2ccc3c(c2)OCCO3)c1. The van der Waals surface area contributed by atoms with Crippen molar-refractivity contribution >= 4 is 33.3 Å². The van der Waals surface area contributed by atoms with Crippen molar-refractivity contribution in [3.63, 3.8) is 0 Å². The number of para-hydroxylation sites is 1. The Labute approximate surface area is 183 Å². The lowest BCUT2D eigenvalue weighted by Crippen LogP contribution is -2.19. The van der Waals surface area contributed by atoms with Crippen LogP contribution in [-0.4, -0.2) is 38.6 Å². The van der Waals surface area contributed by atoms with E-state index in [-0.39, 0.29) is 21.7 Å². The van der Waals surface area contributed by atoms with Gasteiger partial charge in [-0.15, -0.1) is 0 Å². The van der Waals surface area contributed by atoms with Crippen molar-refractivity contribution in [3.8, 4) is 11.5 Å². The molecule has 1 aliphatic heterocycles. The average molecular weight is 454 g/mol. The molecule has 164 valence electrons. The molecule has 9 nitrogen and oxygen atoms in total. The number of amides is 1. The maximum absolute atomic E-state index is 12.9. The smallest absolute Gasteiger partial charge is 0.335 e. The lowest BCUT2D eigenvalue weighted by atomic mass is 10.1. The maximum Gasteiger partial charge on any atom is 0.335 e. The van der Waals surface area contributed by atoms with Crippen molar-refractivity contribution in [3.05, 3.63) is 77.9 Å². The number of carbonyl (C=O) groups excluding carboxylic acids is 1. The zero-order chi connectivity index (χ0) is 22.7. The lowest BCUT2D eigenvalue weighted by Gasteiger charge is -2.19.